The molecule has 18 heavy (non-hydrogen) atoms. The van der Waals surface area contributed by atoms with E-state index >= 15 is 0 Å². The van der Waals surface area contributed by atoms with Gasteiger partial charge in [0.2, 0.25) is 11.7 Å². The minimum Gasteiger partial charge on any atom is -0.339 e. The highest BCUT2D eigenvalue weighted by Gasteiger charge is 2.15. The molecule has 6 heteroatoms. The summed E-state index contributed by atoms with van der Waals surface area (Å²) in [4.78, 5) is 8.60. The molecule has 2 rings (SSSR count). The molecule has 5 nitrogen and oxygen atoms in total. The van der Waals surface area contributed by atoms with Gasteiger partial charge < -0.3 is 9.84 Å². The Balaban J connectivity index is 2.12. The van der Waals surface area contributed by atoms with Gasteiger partial charge in [-0.2, -0.15) is 4.98 Å². The van der Waals surface area contributed by atoms with Gasteiger partial charge in [0, 0.05) is 23.1 Å². The van der Waals surface area contributed by atoms with Crippen molar-refractivity contribution in [3.05, 3.63) is 28.7 Å². The van der Waals surface area contributed by atoms with E-state index in [4.69, 9.17) is 4.52 Å². The molecule has 2 heterocycles. The molecule has 96 valence electrons. The number of nitrogens with one attached hydrogen (secondary N) is 1. The first-order valence-electron chi connectivity index (χ1n) is 5.87. The summed E-state index contributed by atoms with van der Waals surface area (Å²) in [5.74, 6) is 1.36. The Morgan fingerprint density at radius 2 is 2.28 bits per heavy atom. The molecule has 0 bridgehead atoms. The quantitative estimate of drug-likeness (QED) is 0.919. The van der Waals surface area contributed by atoms with Gasteiger partial charge in [0.15, 0.2) is 0 Å². The van der Waals surface area contributed by atoms with Crippen LogP contribution in [0.15, 0.2) is 27.3 Å². The highest BCUT2D eigenvalue weighted by Crippen LogP contribution is 2.19. The SMILES string of the molecule is CCNCC(C)c1nc(-c2ccc(Br)cn2)no1. The first kappa shape index (κ1) is 13.2. The van der Waals surface area contributed by atoms with E-state index in [1.165, 1.54) is 0 Å². The molecule has 1 unspecified atom stereocenters. The Labute approximate surface area is 114 Å². The fourth-order valence-corrected chi connectivity index (χ4v) is 1.73. The Morgan fingerprint density at radius 3 is 2.94 bits per heavy atom. The molecule has 0 fully saturated rings. The van der Waals surface area contributed by atoms with Gasteiger partial charge in [-0.25, -0.2) is 0 Å². The molecule has 0 aliphatic heterocycles. The number of pyridine rings is 1. The maximum absolute atomic E-state index is 5.26. The van der Waals surface area contributed by atoms with Crippen LogP contribution in [0.3, 0.4) is 0 Å². The van der Waals surface area contributed by atoms with Crippen molar-refractivity contribution in [2.24, 2.45) is 0 Å². The molecule has 1 N–H and O–H groups in total. The van der Waals surface area contributed by atoms with E-state index in [2.05, 4.69) is 50.2 Å². The number of nitrogens with zero attached hydrogens (tertiary/aromatic N) is 3. The van der Waals surface area contributed by atoms with Crippen molar-refractivity contribution in [2.75, 3.05) is 13.1 Å². The van der Waals surface area contributed by atoms with Crippen LogP contribution < -0.4 is 5.32 Å². The van der Waals surface area contributed by atoms with Crippen LogP contribution in [-0.4, -0.2) is 28.2 Å². The zero-order chi connectivity index (χ0) is 13.0. The molecule has 0 aliphatic rings. The second-order valence-electron chi connectivity index (χ2n) is 4.03. The van der Waals surface area contributed by atoms with Crippen molar-refractivity contribution in [1.29, 1.82) is 0 Å². The molecule has 0 radical (unpaired) electrons. The number of hydrogen-bond acceptors (Lipinski definition) is 5. The monoisotopic (exact) mass is 310 g/mol. The minimum atomic E-state index is 0.196. The lowest BCUT2D eigenvalue weighted by Gasteiger charge is -2.05. The van der Waals surface area contributed by atoms with Gasteiger partial charge in [-0.1, -0.05) is 19.0 Å². The molecule has 2 aromatic rings. The van der Waals surface area contributed by atoms with Crippen molar-refractivity contribution in [1.82, 2.24) is 20.4 Å². The molecule has 0 saturated heterocycles. The standard InChI is InChI=1S/C12H15BrN4O/c1-3-14-6-8(2)12-16-11(17-18-12)10-5-4-9(13)7-15-10/h4-5,7-8,14H,3,6H2,1-2H3. The third-order valence-electron chi connectivity index (χ3n) is 2.52. The fourth-order valence-electron chi connectivity index (χ4n) is 1.50. The molecule has 0 aliphatic carbocycles. The average Bonchev–Trinajstić information content (AvgIpc) is 2.86. The molecule has 2 aromatic heterocycles. The topological polar surface area (TPSA) is 63.8 Å². The van der Waals surface area contributed by atoms with Crippen LogP contribution in [0.2, 0.25) is 0 Å². The second-order valence-corrected chi connectivity index (χ2v) is 4.94. The summed E-state index contributed by atoms with van der Waals surface area (Å²) in [5, 5.41) is 7.21. The van der Waals surface area contributed by atoms with Crippen molar-refractivity contribution < 1.29 is 4.52 Å². The summed E-state index contributed by atoms with van der Waals surface area (Å²) < 4.78 is 6.18. The van der Waals surface area contributed by atoms with Crippen molar-refractivity contribution in [3.63, 3.8) is 0 Å². The van der Waals surface area contributed by atoms with Gasteiger partial charge in [0.25, 0.3) is 0 Å². The third kappa shape index (κ3) is 3.14. The summed E-state index contributed by atoms with van der Waals surface area (Å²) in [6.45, 7) is 5.87. The van der Waals surface area contributed by atoms with Gasteiger partial charge in [0.05, 0.1) is 0 Å². The van der Waals surface area contributed by atoms with E-state index in [9.17, 15) is 0 Å². The summed E-state index contributed by atoms with van der Waals surface area (Å²) in [6, 6.07) is 3.76. The highest BCUT2D eigenvalue weighted by atomic mass is 79.9. The number of aromatic nitrogens is 3. The number of rotatable bonds is 5. The van der Waals surface area contributed by atoms with Gasteiger partial charge in [-0.15, -0.1) is 0 Å². The highest BCUT2D eigenvalue weighted by molar-refractivity contribution is 9.10. The predicted octanol–water partition coefficient (Wildman–Crippen LogP) is 2.61. The minimum absolute atomic E-state index is 0.196. The van der Waals surface area contributed by atoms with E-state index in [-0.39, 0.29) is 5.92 Å². The van der Waals surface area contributed by atoms with Crippen LogP contribution in [-0.2, 0) is 0 Å². The van der Waals surface area contributed by atoms with Crippen LogP contribution in [0.5, 0.6) is 0 Å². The van der Waals surface area contributed by atoms with Crippen LogP contribution in [0, 0.1) is 0 Å². The van der Waals surface area contributed by atoms with E-state index in [0.717, 1.165) is 17.6 Å². The van der Waals surface area contributed by atoms with Crippen LogP contribution in [0.1, 0.15) is 25.7 Å². The predicted molar refractivity (Wildman–Crippen MR) is 72.2 cm³/mol. The number of halogens is 1. The van der Waals surface area contributed by atoms with E-state index in [1.807, 2.05) is 12.1 Å². The summed E-state index contributed by atoms with van der Waals surface area (Å²) in [7, 11) is 0. The third-order valence-corrected chi connectivity index (χ3v) is 2.99. The van der Waals surface area contributed by atoms with Gasteiger partial charge >= 0.3 is 0 Å². The van der Waals surface area contributed by atoms with Crippen LogP contribution >= 0.6 is 15.9 Å². The molecule has 0 amide bonds. The van der Waals surface area contributed by atoms with Crippen LogP contribution in [0.4, 0.5) is 0 Å². The largest absolute Gasteiger partial charge is 0.339 e. The lowest BCUT2D eigenvalue weighted by Crippen LogP contribution is -2.19. The number of hydrogen-bond donors (Lipinski definition) is 1. The van der Waals surface area contributed by atoms with Gasteiger partial charge in [0.1, 0.15) is 5.69 Å². The molecular formula is C12H15BrN4O. The average molecular weight is 311 g/mol. The van der Waals surface area contributed by atoms with Gasteiger partial charge in [-0.3, -0.25) is 4.98 Å². The molecule has 0 spiro atoms. The van der Waals surface area contributed by atoms with Crippen molar-refractivity contribution in [3.8, 4) is 11.5 Å². The van der Waals surface area contributed by atoms with E-state index in [1.54, 1.807) is 6.20 Å². The summed E-state index contributed by atoms with van der Waals surface area (Å²) in [6.07, 6.45) is 1.72. The Bertz CT molecular complexity index is 497. The van der Waals surface area contributed by atoms with Gasteiger partial charge in [-0.05, 0) is 34.6 Å². The molecule has 0 aromatic carbocycles. The van der Waals surface area contributed by atoms with Crippen molar-refractivity contribution in [2.45, 2.75) is 19.8 Å². The Hall–Kier alpha value is -1.27. The molecule has 1 atom stereocenters. The zero-order valence-corrected chi connectivity index (χ0v) is 11.9. The first-order chi connectivity index (χ1) is 8.70. The molecular weight excluding hydrogens is 296 g/mol. The number of likely N-dealkylation sites (N-methyl/N-ethyl adjacent to an activating group) is 1. The maximum Gasteiger partial charge on any atom is 0.231 e. The smallest absolute Gasteiger partial charge is 0.231 e. The van der Waals surface area contributed by atoms with E-state index in [0.29, 0.717) is 17.4 Å². The Morgan fingerprint density at radius 1 is 1.44 bits per heavy atom. The second kappa shape index (κ2) is 6.06. The van der Waals surface area contributed by atoms with Crippen LogP contribution in [0.25, 0.3) is 11.5 Å². The van der Waals surface area contributed by atoms with Crippen molar-refractivity contribution >= 4 is 15.9 Å². The lowest BCUT2D eigenvalue weighted by atomic mass is 10.2. The molecule has 0 saturated carbocycles. The fraction of sp³-hybridized carbons (Fsp3) is 0.417. The lowest BCUT2D eigenvalue weighted by molar-refractivity contribution is 0.355. The summed E-state index contributed by atoms with van der Waals surface area (Å²) >= 11 is 3.34. The van der Waals surface area contributed by atoms with E-state index < -0.39 is 0 Å². The zero-order valence-electron chi connectivity index (χ0n) is 10.4. The summed E-state index contributed by atoms with van der Waals surface area (Å²) in [5.41, 5.74) is 0.712. The maximum atomic E-state index is 5.26. The normalized spacial score (nSPS) is 12.6. The first-order valence-corrected chi connectivity index (χ1v) is 6.66. The Kier molecular flexibility index (Phi) is 4.43.